The van der Waals surface area contributed by atoms with E-state index < -0.39 is 5.60 Å². The summed E-state index contributed by atoms with van der Waals surface area (Å²) < 4.78 is 10.8. The second-order valence-corrected chi connectivity index (χ2v) is 7.01. The molecular formula is C20H18ClN5O3. The first-order valence-electron chi connectivity index (χ1n) is 8.97. The molecule has 29 heavy (non-hydrogen) atoms. The van der Waals surface area contributed by atoms with Crippen LogP contribution in [0, 0.1) is 11.8 Å². The molecule has 1 atom stereocenters. The number of ether oxygens (including phenoxy) is 1. The average Bonchev–Trinajstić information content (AvgIpc) is 3.41. The van der Waals surface area contributed by atoms with Crippen LogP contribution < -0.4 is 4.90 Å². The largest absolute Gasteiger partial charge is 0.388 e. The predicted molar refractivity (Wildman–Crippen MR) is 106 cm³/mol. The number of aromatic nitrogens is 4. The number of rotatable bonds is 4. The van der Waals surface area contributed by atoms with Gasteiger partial charge >= 0.3 is 0 Å². The highest BCUT2D eigenvalue weighted by Gasteiger charge is 2.37. The fourth-order valence-corrected chi connectivity index (χ4v) is 3.17. The second-order valence-electron chi connectivity index (χ2n) is 6.58. The molecule has 1 aliphatic rings. The second kappa shape index (κ2) is 8.17. The predicted octanol–water partition coefficient (Wildman–Crippen LogP) is 2.32. The van der Waals surface area contributed by atoms with Crippen molar-refractivity contribution in [2.24, 2.45) is 0 Å². The Hall–Kier alpha value is -2.99. The number of methoxy groups -OCH3 is 1. The van der Waals surface area contributed by atoms with E-state index in [0.29, 0.717) is 23.1 Å². The summed E-state index contributed by atoms with van der Waals surface area (Å²) in [5.41, 5.74) is 0.749. The zero-order chi connectivity index (χ0) is 20.3. The van der Waals surface area contributed by atoms with Crippen molar-refractivity contribution in [3.63, 3.8) is 0 Å². The minimum Gasteiger partial charge on any atom is -0.388 e. The molecule has 8 nitrogen and oxygen atoms in total. The summed E-state index contributed by atoms with van der Waals surface area (Å²) in [5, 5.41) is 21.8. The molecule has 148 valence electrons. The molecule has 0 aliphatic carbocycles. The summed E-state index contributed by atoms with van der Waals surface area (Å²) in [5.74, 6) is 7.57. The molecule has 1 saturated heterocycles. The quantitative estimate of drug-likeness (QED) is 0.653. The Morgan fingerprint density at radius 1 is 1.24 bits per heavy atom. The zero-order valence-electron chi connectivity index (χ0n) is 15.7. The van der Waals surface area contributed by atoms with E-state index in [0.717, 1.165) is 18.5 Å². The molecule has 2 aromatic heterocycles. The summed E-state index contributed by atoms with van der Waals surface area (Å²) in [6.07, 6.45) is 0.747. The van der Waals surface area contributed by atoms with E-state index >= 15 is 0 Å². The number of aliphatic hydroxyl groups is 1. The van der Waals surface area contributed by atoms with Crippen molar-refractivity contribution in [1.29, 1.82) is 0 Å². The van der Waals surface area contributed by atoms with Crippen LogP contribution in [0.5, 0.6) is 0 Å². The minimum absolute atomic E-state index is 0.203. The van der Waals surface area contributed by atoms with Crippen LogP contribution in [0.4, 0.5) is 5.82 Å². The van der Waals surface area contributed by atoms with Crippen LogP contribution in [0.1, 0.15) is 17.8 Å². The molecule has 0 saturated carbocycles. The molecule has 1 aromatic carbocycles. The monoisotopic (exact) mass is 411 g/mol. The molecule has 1 fully saturated rings. The van der Waals surface area contributed by atoms with Crippen molar-refractivity contribution in [2.75, 3.05) is 25.1 Å². The summed E-state index contributed by atoms with van der Waals surface area (Å²) in [6, 6.07) is 11.0. The molecule has 3 aromatic rings. The summed E-state index contributed by atoms with van der Waals surface area (Å²) in [7, 11) is 1.67. The number of halogens is 1. The van der Waals surface area contributed by atoms with Crippen molar-refractivity contribution >= 4 is 17.4 Å². The van der Waals surface area contributed by atoms with E-state index in [9.17, 15) is 0 Å². The molecule has 0 bridgehead atoms. The van der Waals surface area contributed by atoms with Crippen LogP contribution in [0.15, 0.2) is 40.9 Å². The molecule has 3 heterocycles. The lowest BCUT2D eigenvalue weighted by Crippen LogP contribution is -2.34. The molecule has 4 rings (SSSR count). The van der Waals surface area contributed by atoms with Crippen LogP contribution in [0.25, 0.3) is 11.6 Å². The number of hydrogen-bond acceptors (Lipinski definition) is 8. The fourth-order valence-electron chi connectivity index (χ4n) is 3.05. The van der Waals surface area contributed by atoms with Gasteiger partial charge in [0.15, 0.2) is 17.3 Å². The Morgan fingerprint density at radius 3 is 2.72 bits per heavy atom. The summed E-state index contributed by atoms with van der Waals surface area (Å²) in [6.45, 7) is 1.03. The highest BCUT2D eigenvalue weighted by Crippen LogP contribution is 2.28. The van der Waals surface area contributed by atoms with Gasteiger partial charge in [-0.25, -0.2) is 0 Å². The van der Waals surface area contributed by atoms with E-state index in [1.165, 1.54) is 0 Å². The molecule has 0 spiro atoms. The Bertz CT molecular complexity index is 1040. The van der Waals surface area contributed by atoms with Crippen LogP contribution in [0.3, 0.4) is 0 Å². The standard InChI is InChI=1S/C20H18ClN5O3/c1-28-20(9-8-14-2-4-15(21)5-3-14)10-11-26(13-20)18-7-6-16(23-24-18)19-22-17(12-27)25-29-19/h2-7,27H,10-13H2,1H3. The molecule has 1 unspecified atom stereocenters. The van der Waals surface area contributed by atoms with Gasteiger partial charge in [0.25, 0.3) is 5.89 Å². The number of benzene rings is 1. The third kappa shape index (κ3) is 4.22. The van der Waals surface area contributed by atoms with Gasteiger partial charge in [-0.15, -0.1) is 10.2 Å². The third-order valence-electron chi connectivity index (χ3n) is 4.70. The van der Waals surface area contributed by atoms with Gasteiger partial charge in [-0.2, -0.15) is 4.98 Å². The number of aliphatic hydroxyl groups excluding tert-OH is 1. The van der Waals surface area contributed by atoms with Crippen molar-refractivity contribution in [3.8, 4) is 23.4 Å². The summed E-state index contributed by atoms with van der Waals surface area (Å²) in [4.78, 5) is 6.10. The molecule has 0 radical (unpaired) electrons. The molecule has 1 N–H and O–H groups in total. The lowest BCUT2D eigenvalue weighted by atomic mass is 10.0. The van der Waals surface area contributed by atoms with Gasteiger partial charge < -0.3 is 19.3 Å². The Labute approximate surface area is 172 Å². The molecular weight excluding hydrogens is 394 g/mol. The Kier molecular flexibility index (Phi) is 5.45. The SMILES string of the molecule is COC1(C#Cc2ccc(Cl)cc2)CCN(c2ccc(-c3nc(CO)no3)nn2)C1. The number of hydrogen-bond donors (Lipinski definition) is 1. The van der Waals surface area contributed by atoms with Crippen LogP contribution in [-0.4, -0.2) is 51.2 Å². The smallest absolute Gasteiger partial charge is 0.278 e. The molecule has 9 heteroatoms. The fraction of sp³-hybridized carbons (Fsp3) is 0.300. The first-order valence-corrected chi connectivity index (χ1v) is 9.35. The lowest BCUT2D eigenvalue weighted by molar-refractivity contribution is 0.0602. The van der Waals surface area contributed by atoms with Crippen LogP contribution in [-0.2, 0) is 11.3 Å². The highest BCUT2D eigenvalue weighted by molar-refractivity contribution is 6.30. The van der Waals surface area contributed by atoms with Gasteiger partial charge in [0.2, 0.25) is 0 Å². The normalized spacial score (nSPS) is 18.5. The van der Waals surface area contributed by atoms with Crippen molar-refractivity contribution < 1.29 is 14.4 Å². The maximum atomic E-state index is 9.03. The zero-order valence-corrected chi connectivity index (χ0v) is 16.4. The van der Waals surface area contributed by atoms with Crippen LogP contribution >= 0.6 is 11.6 Å². The molecule has 0 amide bonds. The van der Waals surface area contributed by atoms with E-state index in [1.54, 1.807) is 13.2 Å². The number of nitrogens with zero attached hydrogens (tertiary/aromatic N) is 5. The van der Waals surface area contributed by atoms with E-state index in [2.05, 4.69) is 37.1 Å². The Morgan fingerprint density at radius 2 is 2.07 bits per heavy atom. The topological polar surface area (TPSA) is 97.4 Å². The van der Waals surface area contributed by atoms with Gasteiger partial charge in [0, 0.05) is 30.7 Å². The lowest BCUT2D eigenvalue weighted by Gasteiger charge is -2.22. The molecule has 1 aliphatic heterocycles. The minimum atomic E-state index is -0.581. The van der Waals surface area contributed by atoms with Gasteiger partial charge in [0.05, 0.1) is 6.54 Å². The summed E-state index contributed by atoms with van der Waals surface area (Å²) >= 11 is 5.92. The van der Waals surface area contributed by atoms with Crippen molar-refractivity contribution in [1.82, 2.24) is 20.3 Å². The van der Waals surface area contributed by atoms with Gasteiger partial charge in [-0.05, 0) is 36.4 Å². The maximum absolute atomic E-state index is 9.03. The van der Waals surface area contributed by atoms with Crippen molar-refractivity contribution in [3.05, 3.63) is 52.8 Å². The third-order valence-corrected chi connectivity index (χ3v) is 4.96. The first-order chi connectivity index (χ1) is 14.1. The van der Waals surface area contributed by atoms with Gasteiger partial charge in [-0.1, -0.05) is 28.6 Å². The maximum Gasteiger partial charge on any atom is 0.278 e. The highest BCUT2D eigenvalue weighted by atomic mass is 35.5. The van der Waals surface area contributed by atoms with Crippen LogP contribution in [0.2, 0.25) is 5.02 Å². The van der Waals surface area contributed by atoms with Gasteiger partial charge in [0.1, 0.15) is 12.2 Å². The van der Waals surface area contributed by atoms with E-state index in [-0.39, 0.29) is 18.3 Å². The average molecular weight is 412 g/mol. The van der Waals surface area contributed by atoms with E-state index in [4.69, 9.17) is 26.0 Å². The first kappa shape index (κ1) is 19.3. The Balaban J connectivity index is 1.48. The van der Waals surface area contributed by atoms with E-state index in [1.807, 2.05) is 30.3 Å². The number of anilines is 1. The van der Waals surface area contributed by atoms with Gasteiger partial charge in [-0.3, -0.25) is 0 Å². The van der Waals surface area contributed by atoms with Crippen molar-refractivity contribution in [2.45, 2.75) is 18.6 Å².